The highest BCUT2D eigenvalue weighted by Gasteiger charge is 2.16. The van der Waals surface area contributed by atoms with Crippen molar-refractivity contribution in [3.8, 4) is 11.5 Å². The molecule has 3 nitrogen and oxygen atoms in total. The van der Waals surface area contributed by atoms with E-state index in [1.54, 1.807) is 38.5 Å². The molecule has 0 fully saturated rings. The summed E-state index contributed by atoms with van der Waals surface area (Å²) in [6.07, 6.45) is 0.328. The first-order chi connectivity index (χ1) is 10.1. The number of nitrogens with two attached hydrogens (primary N) is 1. The lowest BCUT2D eigenvalue weighted by atomic mass is 9.98. The van der Waals surface area contributed by atoms with E-state index in [4.69, 9.17) is 26.8 Å². The van der Waals surface area contributed by atoms with Crippen LogP contribution >= 0.6 is 11.6 Å². The number of hydrogen-bond acceptors (Lipinski definition) is 3. The van der Waals surface area contributed by atoms with Gasteiger partial charge in [0, 0.05) is 17.7 Å². The standard InChI is InChI=1S/C16H17ClFNO2/c1-20-11-6-7-12(15(9-11)21-2)14(19)8-10-4-3-5-13(17)16(10)18/h3-7,9,14H,8,19H2,1-2H3. The van der Waals surface area contributed by atoms with Crippen LogP contribution in [0.1, 0.15) is 17.2 Å². The quantitative estimate of drug-likeness (QED) is 0.915. The van der Waals surface area contributed by atoms with Crippen LogP contribution in [-0.4, -0.2) is 14.2 Å². The first kappa shape index (κ1) is 15.6. The summed E-state index contributed by atoms with van der Waals surface area (Å²) in [5.74, 6) is 0.864. The molecule has 0 aliphatic carbocycles. The molecule has 1 unspecified atom stereocenters. The molecule has 21 heavy (non-hydrogen) atoms. The largest absolute Gasteiger partial charge is 0.497 e. The minimum atomic E-state index is -0.429. The molecular formula is C16H17ClFNO2. The maximum Gasteiger partial charge on any atom is 0.145 e. The van der Waals surface area contributed by atoms with Crippen LogP contribution in [0, 0.1) is 5.82 Å². The highest BCUT2D eigenvalue weighted by Crippen LogP contribution is 2.31. The Morgan fingerprint density at radius 2 is 1.95 bits per heavy atom. The molecule has 0 saturated carbocycles. The molecule has 112 valence electrons. The van der Waals surface area contributed by atoms with E-state index in [0.717, 1.165) is 5.56 Å². The first-order valence-corrected chi connectivity index (χ1v) is 6.85. The smallest absolute Gasteiger partial charge is 0.145 e. The second-order valence-corrected chi connectivity index (χ2v) is 5.04. The Morgan fingerprint density at radius 3 is 2.62 bits per heavy atom. The average Bonchev–Trinajstić information content (AvgIpc) is 2.51. The van der Waals surface area contributed by atoms with Crippen molar-refractivity contribution in [3.05, 3.63) is 58.4 Å². The highest BCUT2D eigenvalue weighted by molar-refractivity contribution is 6.30. The predicted octanol–water partition coefficient (Wildman–Crippen LogP) is 3.74. The predicted molar refractivity (Wildman–Crippen MR) is 81.6 cm³/mol. The number of benzene rings is 2. The van der Waals surface area contributed by atoms with E-state index in [1.165, 1.54) is 6.07 Å². The van der Waals surface area contributed by atoms with Crippen molar-refractivity contribution in [2.75, 3.05) is 14.2 Å². The molecule has 2 rings (SSSR count). The van der Waals surface area contributed by atoms with Crippen LogP contribution in [-0.2, 0) is 6.42 Å². The van der Waals surface area contributed by atoms with Gasteiger partial charge in [0.15, 0.2) is 0 Å². The molecule has 2 N–H and O–H groups in total. The molecule has 2 aromatic rings. The molecule has 0 amide bonds. The van der Waals surface area contributed by atoms with Crippen LogP contribution in [0.5, 0.6) is 11.5 Å². The third-order valence-electron chi connectivity index (χ3n) is 3.31. The summed E-state index contributed by atoms with van der Waals surface area (Å²) in [5.41, 5.74) is 7.45. The van der Waals surface area contributed by atoms with Crippen molar-refractivity contribution in [2.24, 2.45) is 5.73 Å². The summed E-state index contributed by atoms with van der Waals surface area (Å²) in [7, 11) is 3.14. The molecule has 0 aliphatic rings. The lowest BCUT2D eigenvalue weighted by Crippen LogP contribution is -2.15. The minimum Gasteiger partial charge on any atom is -0.497 e. The Hall–Kier alpha value is -1.78. The molecule has 0 heterocycles. The van der Waals surface area contributed by atoms with Crippen molar-refractivity contribution < 1.29 is 13.9 Å². The molecule has 5 heteroatoms. The van der Waals surface area contributed by atoms with Gasteiger partial charge in [-0.2, -0.15) is 0 Å². The zero-order valence-corrected chi connectivity index (χ0v) is 12.7. The molecular weight excluding hydrogens is 293 g/mol. The number of halogens is 2. The summed E-state index contributed by atoms with van der Waals surface area (Å²) in [5, 5.41) is 0.0985. The minimum absolute atomic E-state index is 0.0985. The molecule has 0 spiro atoms. The van der Waals surface area contributed by atoms with Crippen LogP contribution < -0.4 is 15.2 Å². The Bertz CT molecular complexity index is 634. The lowest BCUT2D eigenvalue weighted by molar-refractivity contribution is 0.388. The number of methoxy groups -OCH3 is 2. The Labute approximate surface area is 128 Å². The summed E-state index contributed by atoms with van der Waals surface area (Å²) in [4.78, 5) is 0. The van der Waals surface area contributed by atoms with Crippen molar-refractivity contribution in [1.29, 1.82) is 0 Å². The fourth-order valence-electron chi connectivity index (χ4n) is 2.18. The second kappa shape index (κ2) is 6.78. The van der Waals surface area contributed by atoms with Gasteiger partial charge in [-0.05, 0) is 24.1 Å². The normalized spacial score (nSPS) is 12.0. The van der Waals surface area contributed by atoms with Crippen LogP contribution in [0.2, 0.25) is 5.02 Å². The summed E-state index contributed by atoms with van der Waals surface area (Å²) in [6, 6.07) is 9.87. The van der Waals surface area contributed by atoms with E-state index in [0.29, 0.717) is 23.5 Å². The number of hydrogen-bond donors (Lipinski definition) is 1. The van der Waals surface area contributed by atoms with Crippen LogP contribution in [0.4, 0.5) is 4.39 Å². The maximum atomic E-state index is 13.9. The van der Waals surface area contributed by atoms with E-state index in [9.17, 15) is 4.39 Å². The number of rotatable bonds is 5. The Kier molecular flexibility index (Phi) is 5.04. The fourth-order valence-corrected chi connectivity index (χ4v) is 2.37. The number of ether oxygens (including phenoxy) is 2. The van der Waals surface area contributed by atoms with Gasteiger partial charge in [0.05, 0.1) is 19.2 Å². The van der Waals surface area contributed by atoms with Crippen molar-refractivity contribution >= 4 is 11.6 Å². The SMILES string of the molecule is COc1ccc(C(N)Cc2cccc(Cl)c2F)c(OC)c1. The van der Waals surface area contributed by atoms with Gasteiger partial charge < -0.3 is 15.2 Å². The summed E-state index contributed by atoms with van der Waals surface area (Å²) >= 11 is 5.78. The summed E-state index contributed by atoms with van der Waals surface area (Å²) < 4.78 is 24.4. The van der Waals surface area contributed by atoms with Crippen LogP contribution in [0.3, 0.4) is 0 Å². The van der Waals surface area contributed by atoms with Gasteiger partial charge in [-0.3, -0.25) is 0 Å². The van der Waals surface area contributed by atoms with E-state index < -0.39 is 11.9 Å². The van der Waals surface area contributed by atoms with Gasteiger partial charge in [-0.1, -0.05) is 29.8 Å². The molecule has 0 radical (unpaired) electrons. The molecule has 1 atom stereocenters. The van der Waals surface area contributed by atoms with Gasteiger partial charge >= 0.3 is 0 Å². The maximum absolute atomic E-state index is 13.9. The summed E-state index contributed by atoms with van der Waals surface area (Å²) in [6.45, 7) is 0. The zero-order chi connectivity index (χ0) is 15.4. The molecule has 0 aromatic heterocycles. The fraction of sp³-hybridized carbons (Fsp3) is 0.250. The van der Waals surface area contributed by atoms with Crippen molar-refractivity contribution in [2.45, 2.75) is 12.5 Å². The average molecular weight is 310 g/mol. The monoisotopic (exact) mass is 309 g/mol. The molecule has 2 aromatic carbocycles. The van der Waals surface area contributed by atoms with Gasteiger partial charge in [0.1, 0.15) is 17.3 Å². The van der Waals surface area contributed by atoms with Crippen molar-refractivity contribution in [1.82, 2.24) is 0 Å². The highest BCUT2D eigenvalue weighted by atomic mass is 35.5. The van der Waals surface area contributed by atoms with Gasteiger partial charge in [-0.25, -0.2) is 4.39 Å². The van der Waals surface area contributed by atoms with Gasteiger partial charge in [-0.15, -0.1) is 0 Å². The molecule has 0 bridgehead atoms. The molecule has 0 saturated heterocycles. The first-order valence-electron chi connectivity index (χ1n) is 6.47. The van der Waals surface area contributed by atoms with Crippen LogP contribution in [0.15, 0.2) is 36.4 Å². The van der Waals surface area contributed by atoms with Gasteiger partial charge in [0.25, 0.3) is 0 Å². The van der Waals surface area contributed by atoms with Crippen LogP contribution in [0.25, 0.3) is 0 Å². The van der Waals surface area contributed by atoms with Crippen molar-refractivity contribution in [3.63, 3.8) is 0 Å². The Morgan fingerprint density at radius 1 is 1.19 bits per heavy atom. The zero-order valence-electron chi connectivity index (χ0n) is 11.9. The van der Waals surface area contributed by atoms with E-state index in [-0.39, 0.29) is 5.02 Å². The topological polar surface area (TPSA) is 44.5 Å². The second-order valence-electron chi connectivity index (χ2n) is 4.63. The lowest BCUT2D eigenvalue weighted by Gasteiger charge is -2.17. The van der Waals surface area contributed by atoms with Gasteiger partial charge in [0.2, 0.25) is 0 Å². The van der Waals surface area contributed by atoms with E-state index in [2.05, 4.69) is 0 Å². The third-order valence-corrected chi connectivity index (χ3v) is 3.60. The van der Waals surface area contributed by atoms with E-state index in [1.807, 2.05) is 6.07 Å². The van der Waals surface area contributed by atoms with E-state index >= 15 is 0 Å². The molecule has 0 aliphatic heterocycles. The Balaban J connectivity index is 2.28. The third kappa shape index (κ3) is 3.46.